The molecular formula is C26H32N2O5. The van der Waals surface area contributed by atoms with Gasteiger partial charge in [-0.3, -0.25) is 9.59 Å². The van der Waals surface area contributed by atoms with E-state index >= 15 is 0 Å². The Labute approximate surface area is 194 Å². The molecule has 2 N–H and O–H groups in total. The van der Waals surface area contributed by atoms with Gasteiger partial charge in [0.2, 0.25) is 5.91 Å². The van der Waals surface area contributed by atoms with Crippen LogP contribution in [0.15, 0.2) is 48.5 Å². The normalized spacial score (nSPS) is 13.0. The number of carbonyl (C=O) groups excluding carboxylic acids is 2. The Morgan fingerprint density at radius 3 is 2.24 bits per heavy atom. The summed E-state index contributed by atoms with van der Waals surface area (Å²) in [4.78, 5) is 36.8. The maximum Gasteiger partial charge on any atom is 0.407 e. The van der Waals surface area contributed by atoms with Crippen LogP contribution < -0.4 is 5.32 Å². The molecule has 33 heavy (non-hydrogen) atoms. The highest BCUT2D eigenvalue weighted by Crippen LogP contribution is 2.44. The number of hydrogen-bond donors (Lipinski definition) is 2. The van der Waals surface area contributed by atoms with Crippen LogP contribution >= 0.6 is 0 Å². The zero-order valence-electron chi connectivity index (χ0n) is 19.3. The number of nitrogens with zero attached hydrogens (tertiary/aromatic N) is 1. The number of benzene rings is 2. The van der Waals surface area contributed by atoms with Gasteiger partial charge in [-0.15, -0.1) is 0 Å². The van der Waals surface area contributed by atoms with Crippen LogP contribution in [0.4, 0.5) is 4.79 Å². The molecule has 0 aliphatic heterocycles. The van der Waals surface area contributed by atoms with Crippen molar-refractivity contribution in [2.45, 2.75) is 38.5 Å². The number of hydrogen-bond acceptors (Lipinski definition) is 4. The van der Waals surface area contributed by atoms with Crippen molar-refractivity contribution in [2.24, 2.45) is 5.92 Å². The molecule has 7 heteroatoms. The first-order valence-electron chi connectivity index (χ1n) is 11.4. The smallest absolute Gasteiger partial charge is 0.407 e. The second kappa shape index (κ2) is 11.5. The fourth-order valence-corrected chi connectivity index (χ4v) is 4.33. The molecule has 2 amide bonds. The van der Waals surface area contributed by atoms with Gasteiger partial charge in [-0.1, -0.05) is 55.5 Å². The van der Waals surface area contributed by atoms with Gasteiger partial charge in [-0.05, 0) is 41.5 Å². The third-order valence-corrected chi connectivity index (χ3v) is 6.11. The molecule has 0 bridgehead atoms. The molecule has 0 aromatic heterocycles. The van der Waals surface area contributed by atoms with E-state index in [4.69, 9.17) is 9.84 Å². The van der Waals surface area contributed by atoms with Gasteiger partial charge >= 0.3 is 12.1 Å². The quantitative estimate of drug-likeness (QED) is 0.497. The minimum absolute atomic E-state index is 0.0125. The maximum atomic E-state index is 12.4. The van der Waals surface area contributed by atoms with Gasteiger partial charge < -0.3 is 20.1 Å². The Morgan fingerprint density at radius 2 is 1.64 bits per heavy atom. The zero-order valence-corrected chi connectivity index (χ0v) is 19.3. The predicted octanol–water partition coefficient (Wildman–Crippen LogP) is 4.26. The standard InChI is InChI=1S/C26H32N2O5/c1-18(25(31)28(2)16-8-14-24(29)30)9-7-15-27-26(32)33-17-23-21-12-5-3-10-19(21)20-11-4-6-13-22(20)23/h3-6,10-13,18,23H,7-9,14-17H2,1-2H3,(H,27,32)(H,29,30). The SMILES string of the molecule is CC(CCCNC(=O)OCC1c2ccccc2-c2ccccc21)C(=O)N(C)CCCC(=O)O. The first-order chi connectivity index (χ1) is 15.9. The monoisotopic (exact) mass is 452 g/mol. The number of aliphatic carboxylic acids is 1. The molecule has 3 rings (SSSR count). The number of rotatable bonds is 11. The number of carboxylic acids is 1. The molecule has 2 aromatic rings. The summed E-state index contributed by atoms with van der Waals surface area (Å²) in [5, 5.41) is 11.5. The highest BCUT2D eigenvalue weighted by molar-refractivity contribution is 5.79. The number of fused-ring (bicyclic) bond motifs is 3. The fraction of sp³-hybridized carbons (Fsp3) is 0.423. The van der Waals surface area contributed by atoms with Crippen LogP contribution in [0.1, 0.15) is 49.7 Å². The average Bonchev–Trinajstić information content (AvgIpc) is 3.13. The number of carboxylic acid groups (broad SMARTS) is 1. The van der Waals surface area contributed by atoms with Crippen molar-refractivity contribution in [1.82, 2.24) is 10.2 Å². The molecule has 1 atom stereocenters. The molecule has 7 nitrogen and oxygen atoms in total. The largest absolute Gasteiger partial charge is 0.481 e. The topological polar surface area (TPSA) is 95.9 Å². The van der Waals surface area contributed by atoms with E-state index in [0.717, 1.165) is 0 Å². The van der Waals surface area contributed by atoms with Crippen LogP contribution in [0.25, 0.3) is 11.1 Å². The number of nitrogens with one attached hydrogen (secondary N) is 1. The van der Waals surface area contributed by atoms with Gasteiger partial charge in [0.25, 0.3) is 0 Å². The Bertz CT molecular complexity index is 945. The molecule has 0 spiro atoms. The van der Waals surface area contributed by atoms with E-state index in [1.165, 1.54) is 22.3 Å². The summed E-state index contributed by atoms with van der Waals surface area (Å²) in [5.74, 6) is -1.04. The fourth-order valence-electron chi connectivity index (χ4n) is 4.33. The second-order valence-corrected chi connectivity index (χ2v) is 8.55. The van der Waals surface area contributed by atoms with Gasteiger partial charge in [-0.2, -0.15) is 0 Å². The molecule has 176 valence electrons. The molecule has 0 radical (unpaired) electrons. The van der Waals surface area contributed by atoms with E-state index in [1.807, 2.05) is 31.2 Å². The highest BCUT2D eigenvalue weighted by atomic mass is 16.5. The van der Waals surface area contributed by atoms with Crippen LogP contribution in [0.3, 0.4) is 0 Å². The van der Waals surface area contributed by atoms with Crippen LogP contribution in [-0.2, 0) is 14.3 Å². The van der Waals surface area contributed by atoms with Crippen molar-refractivity contribution in [2.75, 3.05) is 26.7 Å². The molecule has 0 heterocycles. The maximum absolute atomic E-state index is 12.4. The van der Waals surface area contributed by atoms with Crippen LogP contribution in [-0.4, -0.2) is 54.7 Å². The van der Waals surface area contributed by atoms with Crippen molar-refractivity contribution in [3.05, 3.63) is 59.7 Å². The lowest BCUT2D eigenvalue weighted by Gasteiger charge is -2.21. The third-order valence-electron chi connectivity index (χ3n) is 6.11. The Balaban J connectivity index is 1.38. The minimum atomic E-state index is -0.858. The van der Waals surface area contributed by atoms with Crippen molar-refractivity contribution < 1.29 is 24.2 Å². The summed E-state index contributed by atoms with van der Waals surface area (Å²) in [5.41, 5.74) is 4.72. The van der Waals surface area contributed by atoms with E-state index in [1.54, 1.807) is 11.9 Å². The molecule has 0 fully saturated rings. The lowest BCUT2D eigenvalue weighted by Crippen LogP contribution is -2.33. The number of alkyl carbamates (subject to hydrolysis) is 1. The van der Waals surface area contributed by atoms with Gasteiger partial charge in [0.15, 0.2) is 0 Å². The van der Waals surface area contributed by atoms with Crippen molar-refractivity contribution in [3.63, 3.8) is 0 Å². The van der Waals surface area contributed by atoms with E-state index in [0.29, 0.717) is 32.4 Å². The molecule has 1 aliphatic rings. The molecule has 0 saturated heterocycles. The van der Waals surface area contributed by atoms with Crippen molar-refractivity contribution in [3.8, 4) is 11.1 Å². The van der Waals surface area contributed by atoms with Gasteiger partial charge in [0.1, 0.15) is 6.61 Å². The van der Waals surface area contributed by atoms with E-state index < -0.39 is 12.1 Å². The van der Waals surface area contributed by atoms with E-state index in [2.05, 4.69) is 29.6 Å². The van der Waals surface area contributed by atoms with E-state index in [-0.39, 0.29) is 30.8 Å². The first kappa shape index (κ1) is 24.3. The Hall–Kier alpha value is -3.35. The molecule has 0 saturated carbocycles. The highest BCUT2D eigenvalue weighted by Gasteiger charge is 2.29. The minimum Gasteiger partial charge on any atom is -0.481 e. The van der Waals surface area contributed by atoms with E-state index in [9.17, 15) is 14.4 Å². The van der Waals surface area contributed by atoms with Gasteiger partial charge in [0.05, 0.1) is 0 Å². The predicted molar refractivity (Wildman–Crippen MR) is 126 cm³/mol. The van der Waals surface area contributed by atoms with Crippen LogP contribution in [0.5, 0.6) is 0 Å². The Kier molecular flexibility index (Phi) is 8.46. The summed E-state index contributed by atoms with van der Waals surface area (Å²) < 4.78 is 5.52. The van der Waals surface area contributed by atoms with Gasteiger partial charge in [0, 0.05) is 38.4 Å². The number of carbonyl (C=O) groups is 3. The van der Waals surface area contributed by atoms with Gasteiger partial charge in [-0.25, -0.2) is 4.79 Å². The summed E-state index contributed by atoms with van der Waals surface area (Å²) in [6.45, 7) is 2.98. The second-order valence-electron chi connectivity index (χ2n) is 8.55. The van der Waals surface area contributed by atoms with Crippen LogP contribution in [0.2, 0.25) is 0 Å². The third kappa shape index (κ3) is 6.34. The molecule has 1 unspecified atom stereocenters. The van der Waals surface area contributed by atoms with Crippen molar-refractivity contribution in [1.29, 1.82) is 0 Å². The number of ether oxygens (including phenoxy) is 1. The average molecular weight is 453 g/mol. The molecule has 2 aromatic carbocycles. The van der Waals surface area contributed by atoms with Crippen molar-refractivity contribution >= 4 is 18.0 Å². The summed E-state index contributed by atoms with van der Waals surface area (Å²) in [6.07, 6.45) is 1.32. The summed E-state index contributed by atoms with van der Waals surface area (Å²) in [6, 6.07) is 16.4. The van der Waals surface area contributed by atoms with Crippen LogP contribution in [0, 0.1) is 5.92 Å². The lowest BCUT2D eigenvalue weighted by atomic mass is 9.98. The summed E-state index contributed by atoms with van der Waals surface area (Å²) >= 11 is 0. The Morgan fingerprint density at radius 1 is 1.03 bits per heavy atom. The molecular weight excluding hydrogens is 420 g/mol. The number of amides is 2. The summed E-state index contributed by atoms with van der Waals surface area (Å²) in [7, 11) is 1.69. The zero-order chi connectivity index (χ0) is 23.8. The first-order valence-corrected chi connectivity index (χ1v) is 11.4. The lowest BCUT2D eigenvalue weighted by molar-refractivity contribution is -0.138. The molecule has 1 aliphatic carbocycles.